The molecule has 3 aromatic rings. The van der Waals surface area contributed by atoms with Gasteiger partial charge in [-0.3, -0.25) is 4.79 Å². The highest BCUT2D eigenvalue weighted by molar-refractivity contribution is 7.12. The number of ether oxygens (including phenoxy) is 1. The zero-order chi connectivity index (χ0) is 17.6. The van der Waals surface area contributed by atoms with Crippen LogP contribution < -0.4 is 10.1 Å². The van der Waals surface area contributed by atoms with Gasteiger partial charge in [-0.05, 0) is 48.1 Å². The summed E-state index contributed by atoms with van der Waals surface area (Å²) in [6.07, 6.45) is 0.885. The zero-order valence-electron chi connectivity index (χ0n) is 14.4. The highest BCUT2D eigenvalue weighted by Gasteiger charge is 2.11. The van der Waals surface area contributed by atoms with Crippen LogP contribution in [0.3, 0.4) is 0 Å². The lowest BCUT2D eigenvalue weighted by Crippen LogP contribution is -2.11. The summed E-state index contributed by atoms with van der Waals surface area (Å²) in [6.45, 7) is 4.56. The molecule has 1 N–H and O–H groups in total. The number of aryl methyl sites for hydroxylation is 2. The maximum absolute atomic E-state index is 12.5. The Hall–Kier alpha value is -2.59. The third-order valence-corrected chi connectivity index (χ3v) is 4.99. The van der Waals surface area contributed by atoms with Gasteiger partial charge in [-0.1, -0.05) is 43.3 Å². The summed E-state index contributed by atoms with van der Waals surface area (Å²) in [5.41, 5.74) is 4.12. The minimum absolute atomic E-state index is 0.0759. The van der Waals surface area contributed by atoms with Crippen molar-refractivity contribution in [1.29, 1.82) is 0 Å². The number of carbonyl (C=O) groups is 1. The van der Waals surface area contributed by atoms with Gasteiger partial charge in [0.1, 0.15) is 12.4 Å². The standard InChI is InChI=1S/C21H21NO2S/c1-3-17-9-5-6-10-18(17)22-21(23)20-12-16(14-25-20)13-24-19-11-7-4-8-15(19)2/h4-12,14H,3,13H2,1-2H3,(H,22,23). The predicted molar refractivity (Wildman–Crippen MR) is 104 cm³/mol. The van der Waals surface area contributed by atoms with Gasteiger partial charge in [0.25, 0.3) is 5.91 Å². The maximum Gasteiger partial charge on any atom is 0.265 e. The van der Waals surface area contributed by atoms with Crippen LogP contribution in [0, 0.1) is 6.92 Å². The number of anilines is 1. The van der Waals surface area contributed by atoms with E-state index in [1.54, 1.807) is 0 Å². The number of benzene rings is 2. The van der Waals surface area contributed by atoms with Crippen LogP contribution in [0.1, 0.15) is 33.3 Å². The van der Waals surface area contributed by atoms with E-state index in [1.807, 2.05) is 66.9 Å². The molecule has 0 aliphatic carbocycles. The summed E-state index contributed by atoms with van der Waals surface area (Å²) < 4.78 is 5.85. The fourth-order valence-corrected chi connectivity index (χ4v) is 3.38. The molecule has 1 amide bonds. The van der Waals surface area contributed by atoms with Crippen molar-refractivity contribution in [3.8, 4) is 5.75 Å². The molecule has 0 aliphatic rings. The molecule has 3 nitrogen and oxygen atoms in total. The predicted octanol–water partition coefficient (Wildman–Crippen LogP) is 5.45. The Morgan fingerprint density at radius 3 is 2.68 bits per heavy atom. The number of nitrogens with one attached hydrogen (secondary N) is 1. The number of carbonyl (C=O) groups excluding carboxylic acids is 1. The summed E-state index contributed by atoms with van der Waals surface area (Å²) in [7, 11) is 0. The molecule has 0 spiro atoms. The van der Waals surface area contributed by atoms with Crippen LogP contribution in [0.4, 0.5) is 5.69 Å². The fourth-order valence-electron chi connectivity index (χ4n) is 2.58. The second kappa shape index (κ2) is 7.99. The molecule has 1 aromatic heterocycles. The molecule has 3 rings (SSSR count). The van der Waals surface area contributed by atoms with E-state index < -0.39 is 0 Å². The Balaban J connectivity index is 1.64. The van der Waals surface area contributed by atoms with Crippen molar-refractivity contribution >= 4 is 22.9 Å². The largest absolute Gasteiger partial charge is 0.489 e. The van der Waals surface area contributed by atoms with Crippen LogP contribution >= 0.6 is 11.3 Å². The normalized spacial score (nSPS) is 10.5. The third-order valence-electron chi connectivity index (χ3n) is 4.01. The van der Waals surface area contributed by atoms with Crippen LogP contribution in [-0.4, -0.2) is 5.91 Å². The van der Waals surface area contributed by atoms with Crippen LogP contribution in [-0.2, 0) is 13.0 Å². The molecule has 0 fully saturated rings. The van der Waals surface area contributed by atoms with E-state index in [2.05, 4.69) is 12.2 Å². The third kappa shape index (κ3) is 4.28. The molecule has 0 aliphatic heterocycles. The highest BCUT2D eigenvalue weighted by Crippen LogP contribution is 2.22. The first-order valence-electron chi connectivity index (χ1n) is 8.32. The summed E-state index contributed by atoms with van der Waals surface area (Å²) in [5.74, 6) is 0.796. The average molecular weight is 351 g/mol. The monoisotopic (exact) mass is 351 g/mol. The second-order valence-electron chi connectivity index (χ2n) is 5.84. The van der Waals surface area contributed by atoms with Gasteiger partial charge in [0.15, 0.2) is 0 Å². The summed E-state index contributed by atoms with van der Waals surface area (Å²) in [6, 6.07) is 17.7. The second-order valence-corrected chi connectivity index (χ2v) is 6.75. The SMILES string of the molecule is CCc1ccccc1NC(=O)c1cc(COc2ccccc2C)cs1. The molecule has 0 atom stereocenters. The Kier molecular flexibility index (Phi) is 5.51. The van der Waals surface area contributed by atoms with Crippen molar-refractivity contribution < 1.29 is 9.53 Å². The Labute approximate surface area is 152 Å². The first-order valence-corrected chi connectivity index (χ1v) is 9.20. The molecule has 2 aromatic carbocycles. The molecule has 0 radical (unpaired) electrons. The number of thiophene rings is 1. The number of para-hydroxylation sites is 2. The number of hydrogen-bond donors (Lipinski definition) is 1. The first-order chi connectivity index (χ1) is 12.2. The zero-order valence-corrected chi connectivity index (χ0v) is 15.2. The van der Waals surface area contributed by atoms with Crippen LogP contribution in [0.25, 0.3) is 0 Å². The van der Waals surface area contributed by atoms with Crippen molar-refractivity contribution in [3.05, 3.63) is 81.5 Å². The lowest BCUT2D eigenvalue weighted by molar-refractivity contribution is 0.103. The quantitative estimate of drug-likeness (QED) is 0.641. The molecular weight excluding hydrogens is 330 g/mol. The lowest BCUT2D eigenvalue weighted by Gasteiger charge is -2.08. The number of hydrogen-bond acceptors (Lipinski definition) is 3. The Bertz CT molecular complexity index is 870. The van der Waals surface area contributed by atoms with E-state index in [-0.39, 0.29) is 5.91 Å². The summed E-state index contributed by atoms with van der Waals surface area (Å²) in [5, 5.41) is 4.98. The van der Waals surface area contributed by atoms with Gasteiger partial charge < -0.3 is 10.1 Å². The molecule has 0 saturated carbocycles. The van der Waals surface area contributed by atoms with Crippen LogP contribution in [0.2, 0.25) is 0 Å². The minimum atomic E-state index is -0.0759. The van der Waals surface area contributed by atoms with E-state index in [4.69, 9.17) is 4.74 Å². The van der Waals surface area contributed by atoms with Crippen molar-refractivity contribution in [2.75, 3.05) is 5.32 Å². The molecular formula is C21H21NO2S. The smallest absolute Gasteiger partial charge is 0.265 e. The van der Waals surface area contributed by atoms with Crippen LogP contribution in [0.5, 0.6) is 5.75 Å². The highest BCUT2D eigenvalue weighted by atomic mass is 32.1. The van der Waals surface area contributed by atoms with Gasteiger partial charge in [0.2, 0.25) is 0 Å². The lowest BCUT2D eigenvalue weighted by atomic mass is 10.1. The molecule has 0 saturated heterocycles. The van der Waals surface area contributed by atoms with Gasteiger partial charge in [0.05, 0.1) is 4.88 Å². The molecule has 128 valence electrons. The van der Waals surface area contributed by atoms with E-state index in [9.17, 15) is 4.79 Å². The van der Waals surface area contributed by atoms with Crippen molar-refractivity contribution in [1.82, 2.24) is 0 Å². The van der Waals surface area contributed by atoms with Crippen molar-refractivity contribution in [2.45, 2.75) is 26.9 Å². The molecule has 0 unspecified atom stereocenters. The van der Waals surface area contributed by atoms with E-state index in [1.165, 1.54) is 11.3 Å². The van der Waals surface area contributed by atoms with Crippen molar-refractivity contribution in [2.24, 2.45) is 0 Å². The molecule has 25 heavy (non-hydrogen) atoms. The maximum atomic E-state index is 12.5. The van der Waals surface area contributed by atoms with Gasteiger partial charge in [-0.2, -0.15) is 0 Å². The fraction of sp³-hybridized carbons (Fsp3) is 0.190. The molecule has 1 heterocycles. The Morgan fingerprint density at radius 2 is 1.88 bits per heavy atom. The first kappa shape index (κ1) is 17.2. The summed E-state index contributed by atoms with van der Waals surface area (Å²) in [4.78, 5) is 13.2. The minimum Gasteiger partial charge on any atom is -0.489 e. The number of amides is 1. The van der Waals surface area contributed by atoms with Gasteiger partial charge >= 0.3 is 0 Å². The van der Waals surface area contributed by atoms with Crippen LogP contribution in [0.15, 0.2) is 60.0 Å². The topological polar surface area (TPSA) is 38.3 Å². The van der Waals surface area contributed by atoms with E-state index >= 15 is 0 Å². The molecule has 0 bridgehead atoms. The Morgan fingerprint density at radius 1 is 1.12 bits per heavy atom. The van der Waals surface area contributed by atoms with Gasteiger partial charge in [-0.15, -0.1) is 11.3 Å². The molecule has 4 heteroatoms. The van der Waals surface area contributed by atoms with E-state index in [0.717, 1.165) is 34.5 Å². The number of rotatable bonds is 6. The average Bonchev–Trinajstić information content (AvgIpc) is 3.11. The van der Waals surface area contributed by atoms with Gasteiger partial charge in [-0.25, -0.2) is 0 Å². The summed E-state index contributed by atoms with van der Waals surface area (Å²) >= 11 is 1.44. The van der Waals surface area contributed by atoms with Crippen molar-refractivity contribution in [3.63, 3.8) is 0 Å². The van der Waals surface area contributed by atoms with Gasteiger partial charge in [0, 0.05) is 11.3 Å². The van der Waals surface area contributed by atoms with E-state index in [0.29, 0.717) is 11.5 Å².